The van der Waals surface area contributed by atoms with Crippen molar-refractivity contribution < 1.29 is 33.1 Å². The number of hydrogen-bond acceptors (Lipinski definition) is 10. The summed E-state index contributed by atoms with van der Waals surface area (Å²) >= 11 is 6.25. The van der Waals surface area contributed by atoms with Crippen LogP contribution in [0.1, 0.15) is 90.0 Å². The number of rotatable bonds is 9. The maximum Gasteiger partial charge on any atom is 0.262 e. The number of hydrogen-bond donors (Lipinski definition) is 2. The predicted octanol–water partition coefficient (Wildman–Crippen LogP) is 5.40. The van der Waals surface area contributed by atoms with Gasteiger partial charge in [0.1, 0.15) is 29.8 Å². The third-order valence-corrected chi connectivity index (χ3v) is 13.6. The lowest BCUT2D eigenvalue weighted by Gasteiger charge is -2.63. The molecule has 13 nitrogen and oxygen atoms in total. The molecule has 1 atom stereocenters. The first-order valence-corrected chi connectivity index (χ1v) is 21.0. The highest BCUT2D eigenvalue weighted by molar-refractivity contribution is 6.31. The van der Waals surface area contributed by atoms with Crippen molar-refractivity contribution in [2.75, 3.05) is 55.6 Å². The van der Waals surface area contributed by atoms with Crippen molar-refractivity contribution in [2.24, 2.45) is 16.7 Å². The van der Waals surface area contributed by atoms with E-state index in [1.807, 2.05) is 29.2 Å². The number of nitrogens with zero attached hydrogens (tertiary/aromatic N) is 5. The summed E-state index contributed by atoms with van der Waals surface area (Å²) in [5.74, 6) is -2.22. The number of amides is 5. The molecule has 3 saturated heterocycles. The van der Waals surface area contributed by atoms with Crippen molar-refractivity contribution in [3.05, 3.63) is 87.7 Å². The molecule has 0 aromatic heterocycles. The van der Waals surface area contributed by atoms with Crippen LogP contribution in [0, 0.1) is 33.9 Å². The number of nitriles is 1. The number of carbonyl (C=O) groups excluding carboxylic acids is 5. The molecule has 0 bridgehead atoms. The highest BCUT2D eigenvalue weighted by Crippen LogP contribution is 2.55. The zero-order valence-electron chi connectivity index (χ0n) is 34.2. The van der Waals surface area contributed by atoms with Crippen LogP contribution < -0.4 is 25.2 Å². The molecule has 4 heterocycles. The van der Waals surface area contributed by atoms with Crippen molar-refractivity contribution in [3.63, 3.8) is 0 Å². The van der Waals surface area contributed by atoms with E-state index in [9.17, 15) is 29.2 Å². The van der Waals surface area contributed by atoms with E-state index in [1.54, 1.807) is 18.2 Å². The molecule has 1 unspecified atom stereocenters. The Hall–Kier alpha value is -5.52. The average Bonchev–Trinajstić information content (AvgIpc) is 3.46. The number of anilines is 2. The smallest absolute Gasteiger partial charge is 0.262 e. The zero-order chi connectivity index (χ0) is 42.7. The van der Waals surface area contributed by atoms with E-state index in [2.05, 4.69) is 54.2 Å². The van der Waals surface area contributed by atoms with E-state index in [1.165, 1.54) is 6.07 Å². The fourth-order valence-electron chi connectivity index (χ4n) is 10.3. The van der Waals surface area contributed by atoms with Gasteiger partial charge in [0.15, 0.2) is 0 Å². The number of piperazine rings is 1. The van der Waals surface area contributed by atoms with Crippen molar-refractivity contribution in [3.8, 4) is 11.8 Å². The summed E-state index contributed by atoms with van der Waals surface area (Å²) in [6, 6.07) is 16.2. The molecule has 0 radical (unpaired) electrons. The minimum atomic E-state index is -1.10. The number of halogens is 2. The van der Waals surface area contributed by atoms with Crippen LogP contribution >= 0.6 is 11.6 Å². The van der Waals surface area contributed by atoms with Gasteiger partial charge in [0.05, 0.1) is 27.4 Å². The highest BCUT2D eigenvalue weighted by atomic mass is 35.5. The molecule has 4 aliphatic heterocycles. The van der Waals surface area contributed by atoms with Crippen molar-refractivity contribution in [1.82, 2.24) is 20.4 Å². The fraction of sp³-hybridized carbons (Fsp3) is 0.467. The van der Waals surface area contributed by atoms with Gasteiger partial charge in [0, 0.05) is 86.4 Å². The highest BCUT2D eigenvalue weighted by Gasteiger charge is 2.64. The first kappa shape index (κ1) is 41.2. The number of benzene rings is 3. The zero-order valence-corrected chi connectivity index (χ0v) is 35.0. The van der Waals surface area contributed by atoms with E-state index in [0.717, 1.165) is 62.2 Å². The van der Waals surface area contributed by atoms with Gasteiger partial charge >= 0.3 is 0 Å². The van der Waals surface area contributed by atoms with Gasteiger partial charge in [-0.25, -0.2) is 4.39 Å². The standard InChI is InChI=1S/C45H49ClFN7O6/c1-44(2)42(45(3,4)43(44)60-30-10-7-28(24-48)33(46)21-30)50-38(56)27-5-8-29(9-6-27)52-19-17-51(18-20-52)25-26-13-15-53(16-14-26)36-23-32-31(22-34(36)47)40(58)54(41(32)59)35-11-12-37(55)49-39(35)57/h5-10,21-23,26,35,42-43H,11-20,25H2,1-4H3,(H,50,56)(H,49,55,57)/t35?,42-,43-. The quantitative estimate of drug-likeness (QED) is 0.268. The van der Waals surface area contributed by atoms with E-state index in [4.69, 9.17) is 16.3 Å². The Morgan fingerprint density at radius 3 is 2.15 bits per heavy atom. The Kier molecular flexibility index (Phi) is 10.9. The van der Waals surface area contributed by atoms with Gasteiger partial charge in [-0.3, -0.25) is 39.1 Å². The van der Waals surface area contributed by atoms with Crippen LogP contribution in [0.5, 0.6) is 5.75 Å². The number of ether oxygens (including phenoxy) is 1. The van der Waals surface area contributed by atoms with Gasteiger partial charge < -0.3 is 19.9 Å². The molecule has 4 fully saturated rings. The van der Waals surface area contributed by atoms with E-state index >= 15 is 4.39 Å². The minimum absolute atomic E-state index is 0.0164. The van der Waals surface area contributed by atoms with Crippen molar-refractivity contribution >= 4 is 52.5 Å². The third-order valence-electron chi connectivity index (χ3n) is 13.3. The van der Waals surface area contributed by atoms with Crippen LogP contribution in [0.2, 0.25) is 5.02 Å². The van der Waals surface area contributed by atoms with E-state index in [-0.39, 0.29) is 58.5 Å². The second kappa shape index (κ2) is 15.8. The number of nitrogens with one attached hydrogen (secondary N) is 2. The summed E-state index contributed by atoms with van der Waals surface area (Å²) in [5, 5.41) is 15.0. The molecule has 5 amide bonds. The Morgan fingerprint density at radius 2 is 1.53 bits per heavy atom. The summed E-state index contributed by atoms with van der Waals surface area (Å²) in [7, 11) is 0. The van der Waals surface area contributed by atoms with E-state index < -0.39 is 35.5 Å². The maximum absolute atomic E-state index is 15.5. The SMILES string of the molecule is CC1(C)[C@H](NC(=O)c2ccc(N3CCN(CC4CCN(c5cc6c(cc5F)C(=O)N(C5CCC(=O)NC5=O)C6=O)CC4)CC3)cc2)C(C)(C)[C@H]1Oc1ccc(C#N)c(Cl)c1. The Morgan fingerprint density at radius 1 is 0.883 bits per heavy atom. The normalized spacial score (nSPS) is 24.1. The largest absolute Gasteiger partial charge is 0.489 e. The monoisotopic (exact) mass is 837 g/mol. The van der Waals surface area contributed by atoms with Crippen LogP contribution in [-0.2, 0) is 9.59 Å². The number of carbonyl (C=O) groups is 5. The van der Waals surface area contributed by atoms with Gasteiger partial charge in [-0.2, -0.15) is 5.26 Å². The molecule has 60 heavy (non-hydrogen) atoms. The summed E-state index contributed by atoms with van der Waals surface area (Å²) in [5.41, 5.74) is 1.60. The fourth-order valence-corrected chi connectivity index (χ4v) is 10.5. The van der Waals surface area contributed by atoms with Crippen LogP contribution in [0.15, 0.2) is 54.6 Å². The van der Waals surface area contributed by atoms with E-state index in [0.29, 0.717) is 40.9 Å². The molecule has 1 aliphatic carbocycles. The van der Waals surface area contributed by atoms with Crippen molar-refractivity contribution in [2.45, 2.75) is 71.6 Å². The molecule has 5 aliphatic rings. The van der Waals surface area contributed by atoms with Gasteiger partial charge in [-0.05, 0) is 73.7 Å². The lowest BCUT2D eigenvalue weighted by molar-refractivity contribution is -0.164. The topological polar surface area (TPSA) is 155 Å². The van der Waals surface area contributed by atoms with Crippen molar-refractivity contribution in [1.29, 1.82) is 5.26 Å². The Bertz CT molecular complexity index is 2280. The second-order valence-corrected chi connectivity index (χ2v) is 18.3. The molecule has 3 aromatic carbocycles. The number of imide groups is 2. The second-order valence-electron chi connectivity index (χ2n) is 17.9. The number of piperidine rings is 2. The maximum atomic E-state index is 15.5. The summed E-state index contributed by atoms with van der Waals surface area (Å²) in [6.07, 6.45) is 1.56. The van der Waals surface area contributed by atoms with Gasteiger partial charge in [0.25, 0.3) is 17.7 Å². The average molecular weight is 838 g/mol. The van der Waals surface area contributed by atoms with Gasteiger partial charge in [0.2, 0.25) is 11.8 Å². The molecular weight excluding hydrogens is 789 g/mol. The molecule has 15 heteroatoms. The number of fused-ring (bicyclic) bond motifs is 1. The predicted molar refractivity (Wildman–Crippen MR) is 223 cm³/mol. The minimum Gasteiger partial charge on any atom is -0.489 e. The van der Waals surface area contributed by atoms with Gasteiger partial charge in [-0.15, -0.1) is 0 Å². The van der Waals surface area contributed by atoms with Crippen LogP contribution in [0.3, 0.4) is 0 Å². The molecule has 0 spiro atoms. The summed E-state index contributed by atoms with van der Waals surface area (Å²) in [4.78, 5) is 71.6. The first-order valence-electron chi connectivity index (χ1n) is 20.6. The Balaban J connectivity index is 0.800. The van der Waals surface area contributed by atoms with Crippen LogP contribution in [0.4, 0.5) is 15.8 Å². The molecular formula is C45H49ClFN7O6. The first-order chi connectivity index (χ1) is 28.6. The molecule has 8 rings (SSSR count). The molecule has 3 aromatic rings. The van der Waals surface area contributed by atoms with Crippen LogP contribution in [0.25, 0.3) is 0 Å². The lowest BCUT2D eigenvalue weighted by Crippen LogP contribution is -2.74. The lowest BCUT2D eigenvalue weighted by atomic mass is 9.49. The molecule has 314 valence electrons. The summed E-state index contributed by atoms with van der Waals surface area (Å²) in [6.45, 7) is 14.0. The third kappa shape index (κ3) is 7.47. The Labute approximate surface area is 353 Å². The van der Waals surface area contributed by atoms with Crippen LogP contribution in [-0.4, -0.2) is 103 Å². The summed E-state index contributed by atoms with van der Waals surface area (Å²) < 4.78 is 21.8. The molecule has 2 N–H and O–H groups in total. The molecule has 1 saturated carbocycles. The van der Waals surface area contributed by atoms with Gasteiger partial charge in [-0.1, -0.05) is 39.3 Å².